The number of benzene rings is 1. The molecule has 0 aliphatic carbocycles. The molecule has 0 saturated carbocycles. The van der Waals surface area contributed by atoms with Crippen LogP contribution in [0.5, 0.6) is 0 Å². The Bertz CT molecular complexity index is 822. The summed E-state index contributed by atoms with van der Waals surface area (Å²) in [6.45, 7) is 3.51. The molecule has 154 valence electrons. The summed E-state index contributed by atoms with van der Waals surface area (Å²) in [5.74, 6) is -0.778. The van der Waals surface area contributed by atoms with Gasteiger partial charge in [0.15, 0.2) is 5.76 Å². The first-order valence-electron chi connectivity index (χ1n) is 9.62. The molecule has 29 heavy (non-hydrogen) atoms. The van der Waals surface area contributed by atoms with Crippen LogP contribution in [-0.4, -0.2) is 66.4 Å². The van der Waals surface area contributed by atoms with Crippen molar-refractivity contribution in [3.63, 3.8) is 0 Å². The highest BCUT2D eigenvalue weighted by Crippen LogP contribution is 2.15. The summed E-state index contributed by atoms with van der Waals surface area (Å²) >= 11 is 0. The largest absolute Gasteiger partial charge is 0.465 e. The maximum Gasteiger partial charge on any atom is 0.320 e. The fourth-order valence-electron chi connectivity index (χ4n) is 3.28. The van der Waals surface area contributed by atoms with Crippen LogP contribution in [0.1, 0.15) is 23.0 Å². The van der Waals surface area contributed by atoms with E-state index in [0.717, 1.165) is 5.56 Å². The smallest absolute Gasteiger partial charge is 0.320 e. The van der Waals surface area contributed by atoms with Crippen molar-refractivity contribution in [2.24, 2.45) is 0 Å². The minimum atomic E-state index is -0.737. The molecule has 1 saturated heterocycles. The molecule has 1 atom stereocenters. The molecule has 1 aliphatic rings. The summed E-state index contributed by atoms with van der Waals surface area (Å²) in [5.41, 5.74) is 0.962. The standard InChI is InChI=1S/C21H25N3O5/c1-2-28-19(25)15-23-10-11-24(21(27)18-9-6-12-29-18)17(14-23)20(26)22-13-16-7-4-3-5-8-16/h3-9,12,17H,2,10-11,13-15H2,1H3,(H,22,26). The topological polar surface area (TPSA) is 92.1 Å². The predicted octanol–water partition coefficient (Wildman–Crippen LogP) is 1.29. The Morgan fingerprint density at radius 3 is 2.62 bits per heavy atom. The number of esters is 1. The number of ether oxygens (including phenoxy) is 1. The van der Waals surface area contributed by atoms with Gasteiger partial charge in [-0.1, -0.05) is 30.3 Å². The van der Waals surface area contributed by atoms with Crippen molar-refractivity contribution in [3.05, 3.63) is 60.1 Å². The summed E-state index contributed by atoms with van der Waals surface area (Å²) in [5, 5.41) is 2.89. The van der Waals surface area contributed by atoms with E-state index in [1.165, 1.54) is 11.2 Å². The number of hydrogen-bond acceptors (Lipinski definition) is 6. The number of amides is 2. The zero-order valence-electron chi connectivity index (χ0n) is 16.4. The average molecular weight is 399 g/mol. The van der Waals surface area contributed by atoms with E-state index in [-0.39, 0.29) is 36.6 Å². The Kier molecular flexibility index (Phi) is 7.02. The van der Waals surface area contributed by atoms with Crippen molar-refractivity contribution in [2.45, 2.75) is 19.5 Å². The lowest BCUT2D eigenvalue weighted by molar-refractivity contribution is -0.146. The quantitative estimate of drug-likeness (QED) is 0.706. The van der Waals surface area contributed by atoms with Crippen LogP contribution in [0, 0.1) is 0 Å². The Balaban J connectivity index is 1.70. The second kappa shape index (κ2) is 9.88. The Hall–Kier alpha value is -3.13. The first kappa shape index (κ1) is 20.6. The first-order valence-corrected chi connectivity index (χ1v) is 9.62. The lowest BCUT2D eigenvalue weighted by Gasteiger charge is -2.39. The number of carbonyl (C=O) groups is 3. The van der Waals surface area contributed by atoms with E-state index in [9.17, 15) is 14.4 Å². The van der Waals surface area contributed by atoms with Crippen LogP contribution in [0.2, 0.25) is 0 Å². The van der Waals surface area contributed by atoms with Gasteiger partial charge in [-0.05, 0) is 24.6 Å². The van der Waals surface area contributed by atoms with E-state index < -0.39 is 6.04 Å². The zero-order valence-corrected chi connectivity index (χ0v) is 16.4. The maximum absolute atomic E-state index is 12.9. The summed E-state index contributed by atoms with van der Waals surface area (Å²) in [7, 11) is 0. The molecule has 1 aliphatic heterocycles. The fourth-order valence-corrected chi connectivity index (χ4v) is 3.28. The van der Waals surface area contributed by atoms with Gasteiger partial charge in [-0.15, -0.1) is 0 Å². The summed E-state index contributed by atoms with van der Waals surface area (Å²) in [6.07, 6.45) is 1.43. The Labute approximate surface area is 169 Å². The Morgan fingerprint density at radius 2 is 1.93 bits per heavy atom. The third-order valence-corrected chi connectivity index (χ3v) is 4.73. The third-order valence-electron chi connectivity index (χ3n) is 4.73. The van der Waals surface area contributed by atoms with Gasteiger partial charge in [0.1, 0.15) is 6.04 Å². The summed E-state index contributed by atoms with van der Waals surface area (Å²) < 4.78 is 10.2. The molecular formula is C21H25N3O5. The van der Waals surface area contributed by atoms with Crippen molar-refractivity contribution in [1.82, 2.24) is 15.1 Å². The van der Waals surface area contributed by atoms with Crippen LogP contribution in [0.4, 0.5) is 0 Å². The highest BCUT2D eigenvalue weighted by molar-refractivity contribution is 5.95. The molecule has 1 N–H and O–H groups in total. The number of nitrogens with one attached hydrogen (secondary N) is 1. The molecule has 1 unspecified atom stereocenters. The molecule has 8 nitrogen and oxygen atoms in total. The molecular weight excluding hydrogens is 374 g/mol. The molecule has 2 amide bonds. The number of piperazine rings is 1. The van der Waals surface area contributed by atoms with E-state index in [1.807, 2.05) is 35.2 Å². The van der Waals surface area contributed by atoms with Crippen LogP contribution in [0.3, 0.4) is 0 Å². The van der Waals surface area contributed by atoms with Gasteiger partial charge in [0, 0.05) is 26.2 Å². The lowest BCUT2D eigenvalue weighted by Crippen LogP contribution is -2.61. The van der Waals surface area contributed by atoms with E-state index in [2.05, 4.69) is 5.32 Å². The SMILES string of the molecule is CCOC(=O)CN1CCN(C(=O)c2ccco2)C(C(=O)NCc2ccccc2)C1. The summed E-state index contributed by atoms with van der Waals surface area (Å²) in [4.78, 5) is 40.9. The number of hydrogen-bond donors (Lipinski definition) is 1. The van der Waals surface area contributed by atoms with Crippen molar-refractivity contribution in [1.29, 1.82) is 0 Å². The van der Waals surface area contributed by atoms with Gasteiger partial charge in [0.05, 0.1) is 19.4 Å². The highest BCUT2D eigenvalue weighted by atomic mass is 16.5. The normalized spacial score (nSPS) is 17.0. The van der Waals surface area contributed by atoms with Gasteiger partial charge in [0.2, 0.25) is 5.91 Å². The van der Waals surface area contributed by atoms with Gasteiger partial charge in [-0.2, -0.15) is 0 Å². The monoisotopic (exact) mass is 399 g/mol. The van der Waals surface area contributed by atoms with Crippen molar-refractivity contribution in [3.8, 4) is 0 Å². The predicted molar refractivity (Wildman–Crippen MR) is 105 cm³/mol. The number of carbonyl (C=O) groups excluding carboxylic acids is 3. The van der Waals surface area contributed by atoms with Gasteiger partial charge < -0.3 is 19.4 Å². The van der Waals surface area contributed by atoms with Gasteiger partial charge in [0.25, 0.3) is 5.91 Å². The molecule has 3 rings (SSSR count). The van der Waals surface area contributed by atoms with Crippen molar-refractivity contribution in [2.75, 3.05) is 32.8 Å². The molecule has 2 aromatic rings. The van der Waals surface area contributed by atoms with Crippen molar-refractivity contribution >= 4 is 17.8 Å². The third kappa shape index (κ3) is 5.45. The second-order valence-corrected chi connectivity index (χ2v) is 6.74. The molecule has 8 heteroatoms. The van der Waals surface area contributed by atoms with Gasteiger partial charge in [-0.25, -0.2) is 0 Å². The fraction of sp³-hybridized carbons (Fsp3) is 0.381. The molecule has 0 radical (unpaired) electrons. The van der Waals surface area contributed by atoms with E-state index in [4.69, 9.17) is 9.15 Å². The van der Waals surface area contributed by atoms with Gasteiger partial charge in [-0.3, -0.25) is 19.3 Å². The van der Waals surface area contributed by atoms with Gasteiger partial charge >= 0.3 is 5.97 Å². The first-order chi connectivity index (χ1) is 14.1. The van der Waals surface area contributed by atoms with Crippen molar-refractivity contribution < 1.29 is 23.5 Å². The molecule has 2 heterocycles. The molecule has 1 fully saturated rings. The Morgan fingerprint density at radius 1 is 1.14 bits per heavy atom. The van der Waals surface area contributed by atoms with Crippen LogP contribution < -0.4 is 5.32 Å². The molecule has 1 aromatic carbocycles. The van der Waals surface area contributed by atoms with E-state index in [1.54, 1.807) is 19.1 Å². The molecule has 0 spiro atoms. The minimum absolute atomic E-state index is 0.0824. The van der Waals surface area contributed by atoms with Crippen LogP contribution in [0.15, 0.2) is 53.1 Å². The lowest BCUT2D eigenvalue weighted by atomic mass is 10.1. The highest BCUT2D eigenvalue weighted by Gasteiger charge is 2.37. The summed E-state index contributed by atoms with van der Waals surface area (Å²) in [6, 6.07) is 12.0. The second-order valence-electron chi connectivity index (χ2n) is 6.74. The van der Waals surface area contributed by atoms with E-state index in [0.29, 0.717) is 26.2 Å². The van der Waals surface area contributed by atoms with Crippen LogP contribution >= 0.6 is 0 Å². The minimum Gasteiger partial charge on any atom is -0.465 e. The number of rotatable bonds is 7. The maximum atomic E-state index is 12.9. The zero-order chi connectivity index (χ0) is 20.6. The number of nitrogens with zero attached hydrogens (tertiary/aromatic N) is 2. The van der Waals surface area contributed by atoms with E-state index >= 15 is 0 Å². The van der Waals surface area contributed by atoms with Crippen LogP contribution in [-0.2, 0) is 20.9 Å². The average Bonchev–Trinajstić information content (AvgIpc) is 3.27. The number of furan rings is 1. The molecule has 0 bridgehead atoms. The molecule has 1 aromatic heterocycles. The van der Waals surface area contributed by atoms with Crippen LogP contribution in [0.25, 0.3) is 0 Å².